The van der Waals surface area contributed by atoms with Gasteiger partial charge >= 0.3 is 5.97 Å². The molecule has 19 heavy (non-hydrogen) atoms. The molecule has 1 N–H and O–H groups in total. The predicted octanol–water partition coefficient (Wildman–Crippen LogP) is 4.06. The Balaban J connectivity index is 2.22. The van der Waals surface area contributed by atoms with Crippen molar-refractivity contribution < 1.29 is 14.6 Å². The highest BCUT2D eigenvalue weighted by Gasteiger charge is 2.17. The van der Waals surface area contributed by atoms with E-state index in [4.69, 9.17) is 9.84 Å². The molecule has 0 aliphatic heterocycles. The van der Waals surface area contributed by atoms with Gasteiger partial charge in [0.15, 0.2) is 0 Å². The Morgan fingerprint density at radius 2 is 1.79 bits per heavy atom. The summed E-state index contributed by atoms with van der Waals surface area (Å²) in [4.78, 5) is 11.2. The SMILES string of the molecule is CCC(C(=O)O)c1cccc(Oc2ccccc2)c1. The maximum atomic E-state index is 11.2. The van der Waals surface area contributed by atoms with Crippen molar-refractivity contribution in [1.82, 2.24) is 0 Å². The lowest BCUT2D eigenvalue weighted by Crippen LogP contribution is -2.10. The molecule has 0 bridgehead atoms. The fourth-order valence-corrected chi connectivity index (χ4v) is 1.97. The number of hydrogen-bond acceptors (Lipinski definition) is 2. The van der Waals surface area contributed by atoms with Crippen LogP contribution in [-0.2, 0) is 4.79 Å². The van der Waals surface area contributed by atoms with Gasteiger partial charge in [0.2, 0.25) is 0 Å². The third-order valence-corrected chi connectivity index (χ3v) is 2.95. The summed E-state index contributed by atoms with van der Waals surface area (Å²) in [7, 11) is 0. The van der Waals surface area contributed by atoms with Crippen molar-refractivity contribution >= 4 is 5.97 Å². The summed E-state index contributed by atoms with van der Waals surface area (Å²) in [6.07, 6.45) is 0.560. The summed E-state index contributed by atoms with van der Waals surface area (Å²) in [6.45, 7) is 1.86. The number of aliphatic carboxylic acids is 1. The van der Waals surface area contributed by atoms with E-state index in [-0.39, 0.29) is 0 Å². The molecular formula is C16H16O3. The van der Waals surface area contributed by atoms with Gasteiger partial charge < -0.3 is 9.84 Å². The number of ether oxygens (including phenoxy) is 1. The lowest BCUT2D eigenvalue weighted by Gasteiger charge is -2.12. The van der Waals surface area contributed by atoms with Crippen molar-refractivity contribution in [1.29, 1.82) is 0 Å². The highest BCUT2D eigenvalue weighted by atomic mass is 16.5. The summed E-state index contributed by atoms with van der Waals surface area (Å²) in [5, 5.41) is 9.17. The van der Waals surface area contributed by atoms with Crippen LogP contribution in [0.3, 0.4) is 0 Å². The highest BCUT2D eigenvalue weighted by Crippen LogP contribution is 2.26. The predicted molar refractivity (Wildman–Crippen MR) is 73.6 cm³/mol. The molecule has 0 saturated heterocycles. The van der Waals surface area contributed by atoms with Gasteiger partial charge in [0.25, 0.3) is 0 Å². The normalized spacial score (nSPS) is 11.8. The van der Waals surface area contributed by atoms with E-state index in [1.54, 1.807) is 6.07 Å². The minimum atomic E-state index is -0.806. The van der Waals surface area contributed by atoms with E-state index in [0.717, 1.165) is 11.3 Å². The Hall–Kier alpha value is -2.29. The van der Waals surface area contributed by atoms with E-state index in [9.17, 15) is 4.79 Å². The van der Waals surface area contributed by atoms with Gasteiger partial charge in [-0.15, -0.1) is 0 Å². The monoisotopic (exact) mass is 256 g/mol. The van der Waals surface area contributed by atoms with Crippen molar-refractivity contribution in [3.63, 3.8) is 0 Å². The summed E-state index contributed by atoms with van der Waals surface area (Å²) >= 11 is 0. The number of benzene rings is 2. The van der Waals surface area contributed by atoms with Gasteiger partial charge in [-0.25, -0.2) is 0 Å². The van der Waals surface area contributed by atoms with Gasteiger partial charge in [0, 0.05) is 0 Å². The molecule has 3 nitrogen and oxygen atoms in total. The second-order valence-corrected chi connectivity index (χ2v) is 4.29. The molecule has 0 aliphatic carbocycles. The van der Waals surface area contributed by atoms with Crippen molar-refractivity contribution in [2.45, 2.75) is 19.3 Å². The van der Waals surface area contributed by atoms with Crippen LogP contribution in [0.1, 0.15) is 24.8 Å². The first kappa shape index (κ1) is 13.1. The van der Waals surface area contributed by atoms with Crippen LogP contribution in [0.5, 0.6) is 11.5 Å². The fourth-order valence-electron chi connectivity index (χ4n) is 1.97. The van der Waals surface area contributed by atoms with Crippen LogP contribution in [-0.4, -0.2) is 11.1 Å². The van der Waals surface area contributed by atoms with Gasteiger partial charge in [-0.1, -0.05) is 37.3 Å². The Labute approximate surface area is 112 Å². The van der Waals surface area contributed by atoms with Gasteiger partial charge in [-0.05, 0) is 36.2 Å². The summed E-state index contributed by atoms with van der Waals surface area (Å²) in [5.41, 5.74) is 0.767. The van der Waals surface area contributed by atoms with Crippen molar-refractivity contribution in [3.05, 3.63) is 60.2 Å². The van der Waals surface area contributed by atoms with Gasteiger partial charge in [0.1, 0.15) is 11.5 Å². The standard InChI is InChI=1S/C16H16O3/c1-2-15(16(17)18)12-7-6-10-14(11-12)19-13-8-4-3-5-9-13/h3-11,15H,2H2,1H3,(H,17,18). The summed E-state index contributed by atoms with van der Waals surface area (Å²) in [6, 6.07) is 16.7. The number of carboxylic acid groups (broad SMARTS) is 1. The van der Waals surface area contributed by atoms with Crippen LogP contribution < -0.4 is 4.74 Å². The summed E-state index contributed by atoms with van der Waals surface area (Å²) < 4.78 is 5.70. The van der Waals surface area contributed by atoms with Crippen molar-refractivity contribution in [2.24, 2.45) is 0 Å². The Kier molecular flexibility index (Phi) is 4.18. The first-order valence-corrected chi connectivity index (χ1v) is 6.26. The van der Waals surface area contributed by atoms with Crippen LogP contribution in [0.25, 0.3) is 0 Å². The number of para-hydroxylation sites is 1. The van der Waals surface area contributed by atoms with Gasteiger partial charge in [-0.2, -0.15) is 0 Å². The summed E-state index contributed by atoms with van der Waals surface area (Å²) in [5.74, 6) is 0.102. The largest absolute Gasteiger partial charge is 0.481 e. The smallest absolute Gasteiger partial charge is 0.310 e. The molecule has 0 spiro atoms. The molecule has 2 rings (SSSR count). The van der Waals surface area contributed by atoms with Crippen molar-refractivity contribution in [3.8, 4) is 11.5 Å². The Bertz CT molecular complexity index is 549. The molecule has 2 aromatic rings. The van der Waals surface area contributed by atoms with Crippen LogP contribution in [0.15, 0.2) is 54.6 Å². The Morgan fingerprint density at radius 1 is 1.11 bits per heavy atom. The number of rotatable bonds is 5. The molecule has 0 aromatic heterocycles. The molecular weight excluding hydrogens is 240 g/mol. The van der Waals surface area contributed by atoms with Gasteiger partial charge in [-0.3, -0.25) is 4.79 Å². The third-order valence-electron chi connectivity index (χ3n) is 2.95. The molecule has 1 atom stereocenters. The average molecular weight is 256 g/mol. The van der Waals surface area contributed by atoms with E-state index in [0.29, 0.717) is 12.2 Å². The molecule has 0 heterocycles. The zero-order chi connectivity index (χ0) is 13.7. The molecule has 3 heteroatoms. The first-order chi connectivity index (χ1) is 9.20. The number of carbonyl (C=O) groups is 1. The van der Waals surface area contributed by atoms with Crippen LogP contribution in [0, 0.1) is 0 Å². The maximum Gasteiger partial charge on any atom is 0.310 e. The van der Waals surface area contributed by atoms with E-state index in [2.05, 4.69) is 0 Å². The quantitative estimate of drug-likeness (QED) is 0.877. The van der Waals surface area contributed by atoms with E-state index in [1.807, 2.05) is 55.5 Å². The maximum absolute atomic E-state index is 11.2. The number of carboxylic acids is 1. The molecule has 0 saturated carbocycles. The molecule has 0 amide bonds. The molecule has 1 unspecified atom stereocenters. The lowest BCUT2D eigenvalue weighted by atomic mass is 9.97. The molecule has 0 fully saturated rings. The van der Waals surface area contributed by atoms with Crippen LogP contribution in [0.2, 0.25) is 0 Å². The van der Waals surface area contributed by atoms with Crippen molar-refractivity contribution in [2.75, 3.05) is 0 Å². The molecule has 0 radical (unpaired) electrons. The zero-order valence-electron chi connectivity index (χ0n) is 10.7. The van der Waals surface area contributed by atoms with Gasteiger partial charge in [0.05, 0.1) is 5.92 Å². The van der Waals surface area contributed by atoms with Crippen LogP contribution >= 0.6 is 0 Å². The topological polar surface area (TPSA) is 46.5 Å². The number of hydrogen-bond donors (Lipinski definition) is 1. The highest BCUT2D eigenvalue weighted by molar-refractivity contribution is 5.76. The first-order valence-electron chi connectivity index (χ1n) is 6.26. The minimum absolute atomic E-state index is 0.487. The average Bonchev–Trinajstić information content (AvgIpc) is 2.41. The molecule has 0 aliphatic rings. The van der Waals surface area contributed by atoms with Crippen LogP contribution in [0.4, 0.5) is 0 Å². The second-order valence-electron chi connectivity index (χ2n) is 4.29. The zero-order valence-corrected chi connectivity index (χ0v) is 10.7. The minimum Gasteiger partial charge on any atom is -0.481 e. The third kappa shape index (κ3) is 3.35. The second kappa shape index (κ2) is 6.05. The lowest BCUT2D eigenvalue weighted by molar-refractivity contribution is -0.138. The Morgan fingerprint density at radius 3 is 2.42 bits per heavy atom. The molecule has 98 valence electrons. The van der Waals surface area contributed by atoms with E-state index >= 15 is 0 Å². The molecule has 2 aromatic carbocycles. The van der Waals surface area contributed by atoms with E-state index < -0.39 is 11.9 Å². The fraction of sp³-hybridized carbons (Fsp3) is 0.188. The van der Waals surface area contributed by atoms with E-state index in [1.165, 1.54) is 0 Å².